The van der Waals surface area contributed by atoms with Gasteiger partial charge in [-0.1, -0.05) is 0 Å². The van der Waals surface area contributed by atoms with Crippen LogP contribution < -0.4 is 5.32 Å². The highest BCUT2D eigenvalue weighted by atomic mass is 15.1. The average molecular weight is 126 g/mol. The van der Waals surface area contributed by atoms with E-state index in [1.807, 2.05) is 0 Å². The zero-order valence-electron chi connectivity index (χ0n) is 6.36. The van der Waals surface area contributed by atoms with Crippen LogP contribution in [0.5, 0.6) is 0 Å². The fraction of sp³-hybridized carbons (Fsp3) is 0.857. The van der Waals surface area contributed by atoms with E-state index in [4.69, 9.17) is 0 Å². The molecule has 1 aliphatic heterocycles. The van der Waals surface area contributed by atoms with E-state index in [1.54, 1.807) is 0 Å². The van der Waals surface area contributed by atoms with Gasteiger partial charge in [0.2, 0.25) is 0 Å². The summed E-state index contributed by atoms with van der Waals surface area (Å²) in [5.41, 5.74) is 1.53. The van der Waals surface area contributed by atoms with Gasteiger partial charge in [-0.05, 0) is 20.8 Å². The van der Waals surface area contributed by atoms with Gasteiger partial charge in [0.15, 0.2) is 0 Å². The Morgan fingerprint density at radius 2 is 2.22 bits per heavy atom. The van der Waals surface area contributed by atoms with Crippen molar-refractivity contribution >= 4 is 5.71 Å². The zero-order valence-corrected chi connectivity index (χ0v) is 6.36. The van der Waals surface area contributed by atoms with E-state index in [2.05, 4.69) is 31.1 Å². The molecule has 0 amide bonds. The summed E-state index contributed by atoms with van der Waals surface area (Å²) >= 11 is 0. The van der Waals surface area contributed by atoms with Crippen LogP contribution >= 0.6 is 0 Å². The Morgan fingerprint density at radius 1 is 1.56 bits per heavy atom. The van der Waals surface area contributed by atoms with Crippen molar-refractivity contribution in [2.75, 3.05) is 6.67 Å². The van der Waals surface area contributed by atoms with Crippen LogP contribution in [0.4, 0.5) is 0 Å². The maximum atomic E-state index is 4.23. The summed E-state index contributed by atoms with van der Waals surface area (Å²) in [6, 6.07) is 0. The number of hydrogen-bond donors (Lipinski definition) is 1. The van der Waals surface area contributed by atoms with Gasteiger partial charge in [0.1, 0.15) is 0 Å². The maximum absolute atomic E-state index is 4.23. The number of nitrogens with one attached hydrogen (secondary N) is 1. The zero-order chi connectivity index (χ0) is 6.91. The van der Waals surface area contributed by atoms with Crippen molar-refractivity contribution in [2.24, 2.45) is 4.99 Å². The summed E-state index contributed by atoms with van der Waals surface area (Å²) in [5.74, 6) is 0. The molecule has 0 aromatic heterocycles. The lowest BCUT2D eigenvalue weighted by atomic mass is 9.97. The van der Waals surface area contributed by atoms with Crippen LogP contribution in [0.3, 0.4) is 0 Å². The largest absolute Gasteiger partial charge is 0.293 e. The van der Waals surface area contributed by atoms with E-state index in [-0.39, 0.29) is 5.54 Å². The minimum Gasteiger partial charge on any atom is -0.293 e. The molecule has 9 heavy (non-hydrogen) atoms. The number of nitrogens with zero attached hydrogens (tertiary/aromatic N) is 1. The highest BCUT2D eigenvalue weighted by molar-refractivity contribution is 5.83. The van der Waals surface area contributed by atoms with Gasteiger partial charge in [0.05, 0.1) is 6.67 Å². The van der Waals surface area contributed by atoms with Gasteiger partial charge in [0, 0.05) is 17.7 Å². The Hall–Kier alpha value is -0.370. The lowest BCUT2D eigenvalue weighted by molar-refractivity contribution is 0.393. The Labute approximate surface area is 56.4 Å². The van der Waals surface area contributed by atoms with Crippen LogP contribution in [0, 0.1) is 0 Å². The molecule has 0 fully saturated rings. The Balaban J connectivity index is 2.59. The molecule has 52 valence electrons. The number of hydrogen-bond acceptors (Lipinski definition) is 2. The quantitative estimate of drug-likeness (QED) is 0.518. The molecule has 1 aliphatic rings. The van der Waals surface area contributed by atoms with Gasteiger partial charge in [-0.15, -0.1) is 0 Å². The minimum absolute atomic E-state index is 0.270. The molecule has 1 N–H and O–H groups in total. The molecular formula is C7H14N2. The van der Waals surface area contributed by atoms with Gasteiger partial charge >= 0.3 is 0 Å². The summed E-state index contributed by atoms with van der Waals surface area (Å²) in [6.07, 6.45) is 1.08. The van der Waals surface area contributed by atoms with Gasteiger partial charge in [0.25, 0.3) is 0 Å². The first kappa shape index (κ1) is 6.75. The second-order valence-electron chi connectivity index (χ2n) is 3.29. The molecular weight excluding hydrogens is 112 g/mol. The molecule has 0 aromatic rings. The lowest BCUT2D eigenvalue weighted by Gasteiger charge is -2.29. The topological polar surface area (TPSA) is 24.4 Å². The van der Waals surface area contributed by atoms with Crippen molar-refractivity contribution in [3.63, 3.8) is 0 Å². The number of rotatable bonds is 0. The van der Waals surface area contributed by atoms with E-state index < -0.39 is 0 Å². The molecule has 0 spiro atoms. The van der Waals surface area contributed by atoms with Gasteiger partial charge in [-0.25, -0.2) is 0 Å². The molecule has 0 unspecified atom stereocenters. The lowest BCUT2D eigenvalue weighted by Crippen LogP contribution is -2.44. The highest BCUT2D eigenvalue weighted by Gasteiger charge is 2.20. The molecule has 0 radical (unpaired) electrons. The fourth-order valence-corrected chi connectivity index (χ4v) is 1.15. The maximum Gasteiger partial charge on any atom is 0.0887 e. The van der Waals surface area contributed by atoms with Crippen LogP contribution in [0.2, 0.25) is 0 Å². The predicted octanol–water partition coefficient (Wildman–Crippen LogP) is 1.18. The van der Waals surface area contributed by atoms with Gasteiger partial charge in [-0.3, -0.25) is 10.3 Å². The van der Waals surface area contributed by atoms with E-state index >= 15 is 0 Å². The summed E-state index contributed by atoms with van der Waals surface area (Å²) < 4.78 is 0. The Bertz CT molecular complexity index is 136. The molecule has 2 heteroatoms. The van der Waals surface area contributed by atoms with Crippen LogP contribution in [0.1, 0.15) is 27.2 Å². The van der Waals surface area contributed by atoms with Gasteiger partial charge < -0.3 is 0 Å². The molecule has 0 bridgehead atoms. The van der Waals surface area contributed by atoms with Gasteiger partial charge in [-0.2, -0.15) is 0 Å². The SMILES string of the molecule is CC1=NCNC(C)(C)C1. The van der Waals surface area contributed by atoms with Crippen LogP contribution in [-0.2, 0) is 0 Å². The summed E-state index contributed by atoms with van der Waals surface area (Å²) in [5, 5.41) is 3.30. The standard InChI is InChI=1S/C7H14N2/c1-6-4-7(2,3)9-5-8-6/h9H,4-5H2,1-3H3. The van der Waals surface area contributed by atoms with Crippen molar-refractivity contribution in [1.82, 2.24) is 5.32 Å². The number of aliphatic imine (C=N–C) groups is 1. The summed E-state index contributed by atoms with van der Waals surface area (Å²) in [4.78, 5) is 4.23. The van der Waals surface area contributed by atoms with E-state index in [9.17, 15) is 0 Å². The van der Waals surface area contributed by atoms with Crippen LogP contribution in [0.15, 0.2) is 4.99 Å². The van der Waals surface area contributed by atoms with E-state index in [0.717, 1.165) is 13.1 Å². The first-order chi connectivity index (χ1) is 4.10. The monoisotopic (exact) mass is 126 g/mol. The molecule has 0 atom stereocenters. The van der Waals surface area contributed by atoms with Crippen molar-refractivity contribution < 1.29 is 0 Å². The van der Waals surface area contributed by atoms with Crippen molar-refractivity contribution in [3.05, 3.63) is 0 Å². The van der Waals surface area contributed by atoms with Crippen molar-refractivity contribution in [3.8, 4) is 0 Å². The molecule has 0 aliphatic carbocycles. The molecule has 0 saturated heterocycles. The van der Waals surface area contributed by atoms with E-state index in [1.165, 1.54) is 5.71 Å². The third kappa shape index (κ3) is 1.79. The second-order valence-corrected chi connectivity index (χ2v) is 3.29. The van der Waals surface area contributed by atoms with Crippen molar-refractivity contribution in [1.29, 1.82) is 0 Å². The van der Waals surface area contributed by atoms with E-state index in [0.29, 0.717) is 0 Å². The molecule has 0 aromatic carbocycles. The van der Waals surface area contributed by atoms with Crippen LogP contribution in [-0.4, -0.2) is 17.9 Å². The second kappa shape index (κ2) is 2.10. The third-order valence-electron chi connectivity index (χ3n) is 1.60. The first-order valence-electron chi connectivity index (χ1n) is 3.35. The molecule has 2 nitrogen and oxygen atoms in total. The minimum atomic E-state index is 0.270. The third-order valence-corrected chi connectivity index (χ3v) is 1.60. The first-order valence-corrected chi connectivity index (χ1v) is 3.35. The fourth-order valence-electron chi connectivity index (χ4n) is 1.15. The molecule has 0 saturated carbocycles. The van der Waals surface area contributed by atoms with Crippen LogP contribution in [0.25, 0.3) is 0 Å². The summed E-state index contributed by atoms with van der Waals surface area (Å²) in [6.45, 7) is 7.28. The molecule has 1 rings (SSSR count). The highest BCUT2D eigenvalue weighted by Crippen LogP contribution is 2.12. The Kier molecular flexibility index (Phi) is 1.58. The predicted molar refractivity (Wildman–Crippen MR) is 39.8 cm³/mol. The molecule has 1 heterocycles. The van der Waals surface area contributed by atoms with Crippen molar-refractivity contribution in [2.45, 2.75) is 32.7 Å². The smallest absolute Gasteiger partial charge is 0.0887 e. The normalized spacial score (nSPS) is 25.4. The summed E-state index contributed by atoms with van der Waals surface area (Å²) in [7, 11) is 0. The Morgan fingerprint density at radius 3 is 2.56 bits per heavy atom. The average Bonchev–Trinajstić information content (AvgIpc) is 1.60.